The first kappa shape index (κ1) is 19.9. The molecule has 0 aromatic rings. The number of carbonyl (C=O) groups is 2. The molecule has 134 valence electrons. The predicted octanol–water partition coefficient (Wildman–Crippen LogP) is -1.28. The fourth-order valence-electron chi connectivity index (χ4n) is 2.46. The van der Waals surface area contributed by atoms with Crippen molar-refractivity contribution in [3.63, 3.8) is 0 Å². The lowest BCUT2D eigenvalue weighted by Crippen LogP contribution is -2.49. The third kappa shape index (κ3) is 6.84. The zero-order valence-electron chi connectivity index (χ0n) is 14.1. The summed E-state index contributed by atoms with van der Waals surface area (Å²) in [7, 11) is 2.23. The van der Waals surface area contributed by atoms with Gasteiger partial charge in [0.25, 0.3) is 0 Å². The van der Waals surface area contributed by atoms with Gasteiger partial charge >= 0.3 is 11.8 Å². The van der Waals surface area contributed by atoms with Gasteiger partial charge in [-0.15, -0.1) is 0 Å². The molecule has 0 aliphatic carbocycles. The lowest BCUT2D eigenvalue weighted by atomic mass is 10.2. The molecule has 1 heterocycles. The van der Waals surface area contributed by atoms with Gasteiger partial charge < -0.3 is 19.9 Å². The summed E-state index contributed by atoms with van der Waals surface area (Å²) in [5.41, 5.74) is 0. The van der Waals surface area contributed by atoms with Gasteiger partial charge in [-0.05, 0) is 33.5 Å². The van der Waals surface area contributed by atoms with Crippen molar-refractivity contribution in [1.29, 1.82) is 0 Å². The van der Waals surface area contributed by atoms with Gasteiger partial charge in [-0.1, -0.05) is 0 Å². The Hall–Kier alpha value is -1.19. The first-order valence-corrected chi connectivity index (χ1v) is 9.52. The molecule has 0 bridgehead atoms. The van der Waals surface area contributed by atoms with Crippen molar-refractivity contribution in [2.45, 2.75) is 18.9 Å². The van der Waals surface area contributed by atoms with E-state index in [9.17, 15) is 18.0 Å². The van der Waals surface area contributed by atoms with E-state index in [0.29, 0.717) is 13.0 Å². The number of hydrogen-bond acceptors (Lipinski definition) is 6. The third-order valence-corrected chi connectivity index (χ3v) is 5.46. The minimum absolute atomic E-state index is 0.0544. The molecule has 1 atom stereocenters. The zero-order valence-corrected chi connectivity index (χ0v) is 14.9. The van der Waals surface area contributed by atoms with E-state index in [-0.39, 0.29) is 24.7 Å². The maximum atomic E-state index is 12.3. The minimum Gasteiger partial charge on any atom is -0.383 e. The largest absolute Gasteiger partial charge is 0.383 e. The number of ether oxygens (including phenoxy) is 1. The van der Waals surface area contributed by atoms with E-state index in [1.54, 1.807) is 0 Å². The van der Waals surface area contributed by atoms with Crippen molar-refractivity contribution in [2.75, 3.05) is 59.0 Å². The van der Waals surface area contributed by atoms with Crippen LogP contribution >= 0.6 is 0 Å². The average Bonchev–Trinajstić information content (AvgIpc) is 2.83. The topological polar surface area (TPSA) is 96.0 Å². The van der Waals surface area contributed by atoms with E-state index in [1.807, 2.05) is 19.0 Å². The molecule has 1 fully saturated rings. The number of carbonyl (C=O) groups excluding carboxylic acids is 2. The number of hydrogen-bond donors (Lipinski definition) is 1. The Morgan fingerprint density at radius 1 is 1.26 bits per heavy atom. The SMILES string of the molecule is COCCN(C(=O)C(=O)NCCCN(C)C)C1CCS(=O)(=O)C1. The summed E-state index contributed by atoms with van der Waals surface area (Å²) in [6, 6.07) is -0.449. The summed E-state index contributed by atoms with van der Waals surface area (Å²) in [6.07, 6.45) is 1.10. The van der Waals surface area contributed by atoms with Gasteiger partial charge in [0.15, 0.2) is 9.84 Å². The fourth-order valence-corrected chi connectivity index (χ4v) is 4.19. The van der Waals surface area contributed by atoms with E-state index >= 15 is 0 Å². The van der Waals surface area contributed by atoms with E-state index in [4.69, 9.17) is 4.74 Å². The number of rotatable bonds is 8. The first-order chi connectivity index (χ1) is 10.8. The summed E-state index contributed by atoms with van der Waals surface area (Å²) < 4.78 is 28.2. The van der Waals surface area contributed by atoms with E-state index in [1.165, 1.54) is 12.0 Å². The van der Waals surface area contributed by atoms with Crippen LogP contribution in [0.3, 0.4) is 0 Å². The lowest BCUT2D eigenvalue weighted by molar-refractivity contribution is -0.147. The molecule has 0 saturated carbocycles. The Kier molecular flexibility index (Phi) is 7.93. The Balaban J connectivity index is 2.59. The molecule has 1 unspecified atom stereocenters. The molecule has 1 rings (SSSR count). The normalized spacial score (nSPS) is 19.7. The van der Waals surface area contributed by atoms with Crippen LogP contribution in [0.25, 0.3) is 0 Å². The van der Waals surface area contributed by atoms with Crippen molar-refractivity contribution in [1.82, 2.24) is 15.1 Å². The van der Waals surface area contributed by atoms with Gasteiger partial charge in [-0.2, -0.15) is 0 Å². The Labute approximate surface area is 138 Å². The van der Waals surface area contributed by atoms with Crippen LogP contribution in [0.15, 0.2) is 0 Å². The summed E-state index contributed by atoms with van der Waals surface area (Å²) in [6.45, 7) is 1.68. The van der Waals surface area contributed by atoms with E-state index < -0.39 is 27.7 Å². The molecule has 0 spiro atoms. The van der Waals surface area contributed by atoms with Crippen molar-refractivity contribution in [3.05, 3.63) is 0 Å². The van der Waals surface area contributed by atoms with E-state index in [2.05, 4.69) is 5.32 Å². The maximum absolute atomic E-state index is 12.3. The molecule has 8 nitrogen and oxygen atoms in total. The van der Waals surface area contributed by atoms with Gasteiger partial charge in [0, 0.05) is 26.2 Å². The average molecular weight is 349 g/mol. The highest BCUT2D eigenvalue weighted by Crippen LogP contribution is 2.18. The Morgan fingerprint density at radius 2 is 1.96 bits per heavy atom. The summed E-state index contributed by atoms with van der Waals surface area (Å²) in [5, 5.41) is 2.59. The van der Waals surface area contributed by atoms with Crippen LogP contribution in [0.5, 0.6) is 0 Å². The highest BCUT2D eigenvalue weighted by atomic mass is 32.2. The predicted molar refractivity (Wildman–Crippen MR) is 86.8 cm³/mol. The molecule has 9 heteroatoms. The first-order valence-electron chi connectivity index (χ1n) is 7.69. The maximum Gasteiger partial charge on any atom is 0.312 e. The van der Waals surface area contributed by atoms with Crippen LogP contribution in [0.2, 0.25) is 0 Å². The van der Waals surface area contributed by atoms with Crippen molar-refractivity contribution >= 4 is 21.7 Å². The number of sulfone groups is 1. The quantitative estimate of drug-likeness (QED) is 0.433. The Morgan fingerprint density at radius 3 is 2.48 bits per heavy atom. The number of nitrogens with zero attached hydrogens (tertiary/aromatic N) is 2. The summed E-state index contributed by atoms with van der Waals surface area (Å²) >= 11 is 0. The summed E-state index contributed by atoms with van der Waals surface area (Å²) in [4.78, 5) is 27.6. The van der Waals surface area contributed by atoms with Crippen molar-refractivity contribution < 1.29 is 22.7 Å². The second-order valence-corrected chi connectivity index (χ2v) is 8.19. The molecule has 0 aromatic heterocycles. The number of methoxy groups -OCH3 is 1. The van der Waals surface area contributed by atoms with Crippen LogP contribution in [0.1, 0.15) is 12.8 Å². The molecule has 2 amide bonds. The smallest absolute Gasteiger partial charge is 0.312 e. The van der Waals surface area contributed by atoms with Gasteiger partial charge in [0.05, 0.1) is 18.1 Å². The molecular formula is C14H27N3O5S. The third-order valence-electron chi connectivity index (χ3n) is 3.71. The lowest BCUT2D eigenvalue weighted by Gasteiger charge is -2.27. The van der Waals surface area contributed by atoms with Crippen LogP contribution < -0.4 is 5.32 Å². The van der Waals surface area contributed by atoms with Crippen LogP contribution in [-0.2, 0) is 24.2 Å². The molecule has 0 aromatic carbocycles. The minimum atomic E-state index is -3.13. The van der Waals surface area contributed by atoms with Gasteiger partial charge in [-0.3, -0.25) is 9.59 Å². The van der Waals surface area contributed by atoms with Gasteiger partial charge in [0.1, 0.15) is 0 Å². The molecule has 1 aliphatic rings. The molecule has 1 saturated heterocycles. The molecule has 1 aliphatic heterocycles. The second kappa shape index (κ2) is 9.19. The van der Waals surface area contributed by atoms with Crippen molar-refractivity contribution in [2.24, 2.45) is 0 Å². The molecule has 0 radical (unpaired) electrons. The molecule has 23 heavy (non-hydrogen) atoms. The Bertz CT molecular complexity index is 507. The fraction of sp³-hybridized carbons (Fsp3) is 0.857. The van der Waals surface area contributed by atoms with Gasteiger partial charge in [0.2, 0.25) is 0 Å². The van der Waals surface area contributed by atoms with Crippen molar-refractivity contribution in [3.8, 4) is 0 Å². The zero-order chi connectivity index (χ0) is 17.5. The molecular weight excluding hydrogens is 322 g/mol. The summed E-state index contributed by atoms with van der Waals surface area (Å²) in [5.74, 6) is -1.41. The van der Waals surface area contributed by atoms with Crippen LogP contribution in [0.4, 0.5) is 0 Å². The second-order valence-electron chi connectivity index (χ2n) is 5.96. The van der Waals surface area contributed by atoms with Crippen LogP contribution in [0, 0.1) is 0 Å². The van der Waals surface area contributed by atoms with E-state index in [0.717, 1.165) is 13.0 Å². The number of nitrogens with one attached hydrogen (secondary N) is 1. The molecule has 1 N–H and O–H groups in total. The van der Waals surface area contributed by atoms with Crippen LogP contribution in [-0.4, -0.2) is 95.0 Å². The standard InChI is InChI=1S/C14H27N3O5S/c1-16(2)7-4-6-15-13(18)14(19)17(8-9-22-3)12-5-10-23(20,21)11-12/h12H,4-11H2,1-3H3,(H,15,18). The highest BCUT2D eigenvalue weighted by Gasteiger charge is 2.36. The van der Waals surface area contributed by atoms with Gasteiger partial charge in [-0.25, -0.2) is 8.42 Å². The highest BCUT2D eigenvalue weighted by molar-refractivity contribution is 7.91. The monoisotopic (exact) mass is 349 g/mol. The number of amides is 2.